The highest BCUT2D eigenvalue weighted by Gasteiger charge is 2.33. The van der Waals surface area contributed by atoms with Crippen LogP contribution in [0.3, 0.4) is 0 Å². The fourth-order valence-corrected chi connectivity index (χ4v) is 3.10. The minimum atomic E-state index is 0. The van der Waals surface area contributed by atoms with Crippen molar-refractivity contribution < 1.29 is 4.79 Å². The number of hydrogen-bond acceptors (Lipinski definition) is 2. The molecule has 23 heavy (non-hydrogen) atoms. The SMILES string of the molecule is CC(C(=O)N(CCc1ccc(Cl)cc1)CC1CC1)C1CNC1.Cl. The minimum absolute atomic E-state index is 0. The van der Waals surface area contributed by atoms with E-state index < -0.39 is 0 Å². The summed E-state index contributed by atoms with van der Waals surface area (Å²) in [5.41, 5.74) is 1.25. The van der Waals surface area contributed by atoms with Crippen molar-refractivity contribution in [3.63, 3.8) is 0 Å². The molecule has 1 unspecified atom stereocenters. The Hall–Kier alpha value is -0.770. The molecule has 0 bridgehead atoms. The molecule has 1 aliphatic heterocycles. The average Bonchev–Trinajstić information content (AvgIpc) is 3.26. The molecule has 1 atom stereocenters. The number of rotatable bonds is 7. The maximum absolute atomic E-state index is 12.8. The summed E-state index contributed by atoms with van der Waals surface area (Å²) in [4.78, 5) is 14.9. The molecule has 1 saturated heterocycles. The van der Waals surface area contributed by atoms with Crippen molar-refractivity contribution in [2.75, 3.05) is 26.2 Å². The summed E-state index contributed by atoms with van der Waals surface area (Å²) >= 11 is 5.93. The number of nitrogens with zero attached hydrogens (tertiary/aromatic N) is 1. The Bertz CT molecular complexity index is 512. The first kappa shape index (κ1) is 18.6. The van der Waals surface area contributed by atoms with Crippen LogP contribution in [0.2, 0.25) is 5.02 Å². The molecule has 2 aliphatic rings. The van der Waals surface area contributed by atoms with E-state index in [1.165, 1.54) is 18.4 Å². The Balaban J connectivity index is 0.00000192. The molecule has 1 aromatic carbocycles. The molecule has 1 N–H and O–H groups in total. The topological polar surface area (TPSA) is 32.3 Å². The molecule has 1 saturated carbocycles. The van der Waals surface area contributed by atoms with Gasteiger partial charge in [0.2, 0.25) is 5.91 Å². The maximum Gasteiger partial charge on any atom is 0.225 e. The Kier molecular flexibility index (Phi) is 6.75. The second-order valence-corrected chi connectivity index (χ2v) is 7.25. The average molecular weight is 357 g/mol. The van der Waals surface area contributed by atoms with Gasteiger partial charge in [0.1, 0.15) is 0 Å². The molecule has 1 amide bonds. The first-order valence-corrected chi connectivity index (χ1v) is 8.75. The Morgan fingerprint density at radius 1 is 1.30 bits per heavy atom. The third kappa shape index (κ3) is 5.10. The van der Waals surface area contributed by atoms with Gasteiger partial charge in [0, 0.05) is 24.0 Å². The van der Waals surface area contributed by atoms with E-state index in [0.717, 1.165) is 43.5 Å². The van der Waals surface area contributed by atoms with Crippen LogP contribution >= 0.6 is 24.0 Å². The molecule has 5 heteroatoms. The van der Waals surface area contributed by atoms with E-state index in [-0.39, 0.29) is 18.3 Å². The van der Waals surface area contributed by atoms with Crippen molar-refractivity contribution in [1.82, 2.24) is 10.2 Å². The van der Waals surface area contributed by atoms with Crippen LogP contribution < -0.4 is 5.32 Å². The van der Waals surface area contributed by atoms with Gasteiger partial charge < -0.3 is 10.2 Å². The minimum Gasteiger partial charge on any atom is -0.342 e. The van der Waals surface area contributed by atoms with E-state index in [1.54, 1.807) is 0 Å². The summed E-state index contributed by atoms with van der Waals surface area (Å²) in [7, 11) is 0. The van der Waals surface area contributed by atoms with Gasteiger partial charge in [0.15, 0.2) is 0 Å². The Morgan fingerprint density at radius 3 is 2.48 bits per heavy atom. The molecule has 0 radical (unpaired) electrons. The van der Waals surface area contributed by atoms with E-state index in [0.29, 0.717) is 11.8 Å². The number of benzene rings is 1. The number of amides is 1. The van der Waals surface area contributed by atoms with E-state index in [1.807, 2.05) is 12.1 Å². The highest BCUT2D eigenvalue weighted by molar-refractivity contribution is 6.30. The van der Waals surface area contributed by atoms with Gasteiger partial charge >= 0.3 is 0 Å². The van der Waals surface area contributed by atoms with Crippen molar-refractivity contribution >= 4 is 29.9 Å². The lowest BCUT2D eigenvalue weighted by atomic mass is 9.88. The van der Waals surface area contributed by atoms with Gasteiger partial charge in [-0.1, -0.05) is 30.7 Å². The zero-order chi connectivity index (χ0) is 15.5. The van der Waals surface area contributed by atoms with Crippen LogP contribution in [0, 0.1) is 17.8 Å². The van der Waals surface area contributed by atoms with Gasteiger partial charge in [-0.2, -0.15) is 0 Å². The zero-order valence-electron chi connectivity index (χ0n) is 13.6. The van der Waals surface area contributed by atoms with Crippen LogP contribution in [0.25, 0.3) is 0 Å². The second-order valence-electron chi connectivity index (χ2n) is 6.81. The predicted molar refractivity (Wildman–Crippen MR) is 97.2 cm³/mol. The second kappa shape index (κ2) is 8.36. The molecular weight excluding hydrogens is 331 g/mol. The first-order valence-electron chi connectivity index (χ1n) is 8.37. The lowest BCUT2D eigenvalue weighted by Gasteiger charge is -2.35. The van der Waals surface area contributed by atoms with Crippen LogP contribution in [-0.4, -0.2) is 37.0 Å². The molecule has 0 spiro atoms. The largest absolute Gasteiger partial charge is 0.342 e. The number of carbonyl (C=O) groups is 1. The van der Waals surface area contributed by atoms with E-state index in [4.69, 9.17) is 11.6 Å². The van der Waals surface area contributed by atoms with Crippen molar-refractivity contribution in [3.8, 4) is 0 Å². The Morgan fingerprint density at radius 2 is 1.96 bits per heavy atom. The quantitative estimate of drug-likeness (QED) is 0.811. The molecule has 3 nitrogen and oxygen atoms in total. The summed E-state index contributed by atoms with van der Waals surface area (Å²) in [6, 6.07) is 7.96. The standard InChI is InChI=1S/C18H25ClN2O.ClH/c1-13(16-10-20-11-16)18(22)21(12-15-2-3-15)9-8-14-4-6-17(19)7-5-14;/h4-7,13,15-16,20H,2-3,8-12H2,1H3;1H. The number of nitrogens with one attached hydrogen (secondary N) is 1. The van der Waals surface area contributed by atoms with Gasteiger partial charge in [-0.05, 0) is 61.9 Å². The summed E-state index contributed by atoms with van der Waals surface area (Å²) in [5, 5.41) is 4.03. The van der Waals surface area contributed by atoms with Crippen LogP contribution in [0.15, 0.2) is 24.3 Å². The van der Waals surface area contributed by atoms with Crippen LogP contribution in [0.1, 0.15) is 25.3 Å². The summed E-state index contributed by atoms with van der Waals surface area (Å²) in [6.07, 6.45) is 3.47. The Labute approximate surface area is 150 Å². The van der Waals surface area contributed by atoms with Crippen molar-refractivity contribution in [3.05, 3.63) is 34.9 Å². The molecule has 0 aromatic heterocycles. The molecule has 3 rings (SSSR count). The molecule has 1 aliphatic carbocycles. The molecular formula is C18H26Cl2N2O. The van der Waals surface area contributed by atoms with Gasteiger partial charge in [-0.25, -0.2) is 0 Å². The number of carbonyl (C=O) groups excluding carboxylic acids is 1. The van der Waals surface area contributed by atoms with Crippen LogP contribution in [0.4, 0.5) is 0 Å². The van der Waals surface area contributed by atoms with Gasteiger partial charge in [0.25, 0.3) is 0 Å². The molecule has 1 aromatic rings. The number of hydrogen-bond donors (Lipinski definition) is 1. The summed E-state index contributed by atoms with van der Waals surface area (Å²) in [5.74, 6) is 1.74. The molecule has 1 heterocycles. The van der Waals surface area contributed by atoms with E-state index >= 15 is 0 Å². The lowest BCUT2D eigenvalue weighted by Crippen LogP contribution is -2.51. The zero-order valence-corrected chi connectivity index (χ0v) is 15.2. The van der Waals surface area contributed by atoms with Crippen LogP contribution in [-0.2, 0) is 11.2 Å². The van der Waals surface area contributed by atoms with Gasteiger partial charge in [0.05, 0.1) is 0 Å². The third-order valence-electron chi connectivity index (χ3n) is 4.98. The normalized spacial score (nSPS) is 18.7. The van der Waals surface area contributed by atoms with E-state index in [2.05, 4.69) is 29.3 Å². The maximum atomic E-state index is 12.8. The highest BCUT2D eigenvalue weighted by atomic mass is 35.5. The summed E-state index contributed by atoms with van der Waals surface area (Å²) in [6.45, 7) is 5.83. The fraction of sp³-hybridized carbons (Fsp3) is 0.611. The fourth-order valence-electron chi connectivity index (χ4n) is 2.97. The van der Waals surface area contributed by atoms with Crippen molar-refractivity contribution in [2.45, 2.75) is 26.2 Å². The van der Waals surface area contributed by atoms with Crippen molar-refractivity contribution in [2.24, 2.45) is 17.8 Å². The number of halogens is 2. The highest BCUT2D eigenvalue weighted by Crippen LogP contribution is 2.31. The first-order chi connectivity index (χ1) is 10.6. The van der Waals surface area contributed by atoms with Crippen molar-refractivity contribution in [1.29, 1.82) is 0 Å². The molecule has 2 fully saturated rings. The smallest absolute Gasteiger partial charge is 0.225 e. The van der Waals surface area contributed by atoms with E-state index in [9.17, 15) is 4.79 Å². The molecule has 128 valence electrons. The van der Waals surface area contributed by atoms with Gasteiger partial charge in [-0.3, -0.25) is 4.79 Å². The lowest BCUT2D eigenvalue weighted by molar-refractivity contribution is -0.137. The predicted octanol–water partition coefficient (Wildman–Crippen LogP) is 3.40. The third-order valence-corrected chi connectivity index (χ3v) is 5.23. The van der Waals surface area contributed by atoms with Gasteiger partial charge in [-0.15, -0.1) is 12.4 Å². The summed E-state index contributed by atoms with van der Waals surface area (Å²) < 4.78 is 0. The van der Waals surface area contributed by atoms with Crippen LogP contribution in [0.5, 0.6) is 0 Å². The monoisotopic (exact) mass is 356 g/mol.